The molecule has 0 spiro atoms. The van der Waals surface area contributed by atoms with Gasteiger partial charge in [0.15, 0.2) is 17.3 Å². The van der Waals surface area contributed by atoms with Gasteiger partial charge in [0.05, 0.1) is 11.4 Å². The Kier molecular flexibility index (Phi) is 6.38. The number of aromatic nitrogens is 3. The van der Waals surface area contributed by atoms with Gasteiger partial charge >= 0.3 is 0 Å². The number of ether oxygens (including phenoxy) is 2. The Morgan fingerprint density at radius 2 is 1.97 bits per heavy atom. The van der Waals surface area contributed by atoms with E-state index in [9.17, 15) is 13.2 Å². The molecule has 1 atom stereocenters. The number of nitrogens with one attached hydrogen (secondary N) is 2. The van der Waals surface area contributed by atoms with Crippen LogP contribution in [0.4, 0.5) is 0 Å². The van der Waals surface area contributed by atoms with Gasteiger partial charge in [0.2, 0.25) is 15.9 Å². The number of amides is 1. The quantitative estimate of drug-likeness (QED) is 0.640. The van der Waals surface area contributed by atoms with Crippen molar-refractivity contribution in [2.45, 2.75) is 44.8 Å². The number of nitrogens with zero attached hydrogens (tertiary/aromatic N) is 3. The number of rotatable bonds is 8. The van der Waals surface area contributed by atoms with Gasteiger partial charge in [-0.3, -0.25) is 4.79 Å². The lowest BCUT2D eigenvalue weighted by Gasteiger charge is -2.23. The molecule has 1 aliphatic rings. The fraction of sp³-hybridized carbons (Fsp3) is 0.500. The lowest BCUT2D eigenvalue weighted by molar-refractivity contribution is -0.123. The van der Waals surface area contributed by atoms with Crippen molar-refractivity contribution in [3.8, 4) is 11.5 Å². The van der Waals surface area contributed by atoms with Crippen LogP contribution in [-0.4, -0.2) is 48.3 Å². The summed E-state index contributed by atoms with van der Waals surface area (Å²) in [5.74, 6) is 0.743. The standard InChI is InChI=1S/C18H25N5O5S/c1-4-23-11-20-21-16(23)10-19-18(24)17(12(2)3)22-29(25,26)13-5-6-14-15(9-13)28-8-7-27-14/h5-6,9,11-12,17,22H,4,7-8,10H2,1-3H3,(H,19,24)/t17-/m0/s1. The Balaban J connectivity index is 1.72. The predicted molar refractivity (Wildman–Crippen MR) is 104 cm³/mol. The number of fused-ring (bicyclic) bond motifs is 1. The van der Waals surface area contributed by atoms with E-state index in [1.54, 1.807) is 30.8 Å². The first-order valence-corrected chi connectivity index (χ1v) is 10.9. The van der Waals surface area contributed by atoms with Gasteiger partial charge in [-0.05, 0) is 25.0 Å². The van der Waals surface area contributed by atoms with E-state index in [1.807, 2.05) is 6.92 Å². The highest BCUT2D eigenvalue weighted by Gasteiger charge is 2.29. The Bertz CT molecular complexity index is 973. The van der Waals surface area contributed by atoms with Gasteiger partial charge in [0.25, 0.3) is 0 Å². The molecule has 0 saturated carbocycles. The molecular formula is C18H25N5O5S. The topological polar surface area (TPSA) is 124 Å². The summed E-state index contributed by atoms with van der Waals surface area (Å²) >= 11 is 0. The number of sulfonamides is 1. The average Bonchev–Trinajstić information content (AvgIpc) is 3.17. The Morgan fingerprint density at radius 1 is 1.24 bits per heavy atom. The molecule has 0 unspecified atom stereocenters. The third-order valence-electron chi connectivity index (χ3n) is 4.51. The van der Waals surface area contributed by atoms with Crippen LogP contribution >= 0.6 is 0 Å². The summed E-state index contributed by atoms with van der Waals surface area (Å²) in [6.07, 6.45) is 1.58. The van der Waals surface area contributed by atoms with Crippen molar-refractivity contribution < 1.29 is 22.7 Å². The largest absolute Gasteiger partial charge is 0.486 e. The molecule has 1 aliphatic heterocycles. The first kappa shape index (κ1) is 21.1. The van der Waals surface area contributed by atoms with E-state index in [4.69, 9.17) is 9.47 Å². The van der Waals surface area contributed by atoms with Crippen LogP contribution in [0, 0.1) is 5.92 Å². The first-order valence-electron chi connectivity index (χ1n) is 9.38. The van der Waals surface area contributed by atoms with Gasteiger partial charge in [-0.25, -0.2) is 8.42 Å². The molecule has 2 aromatic rings. The molecule has 2 N–H and O–H groups in total. The summed E-state index contributed by atoms with van der Waals surface area (Å²) in [5.41, 5.74) is 0. The van der Waals surface area contributed by atoms with E-state index in [1.165, 1.54) is 12.1 Å². The normalized spacial score (nSPS) is 14.6. The molecule has 3 rings (SSSR count). The number of carbonyl (C=O) groups excluding carboxylic acids is 1. The highest BCUT2D eigenvalue weighted by atomic mass is 32.2. The molecule has 0 aliphatic carbocycles. The van der Waals surface area contributed by atoms with Crippen LogP contribution in [0.15, 0.2) is 29.4 Å². The van der Waals surface area contributed by atoms with Crippen molar-refractivity contribution in [1.82, 2.24) is 24.8 Å². The SMILES string of the molecule is CCn1cnnc1CNC(=O)[C@@H](NS(=O)(=O)c1ccc2c(c1)OCCO2)C(C)C. The smallest absolute Gasteiger partial charge is 0.241 e. The third kappa shape index (κ3) is 4.85. The van der Waals surface area contributed by atoms with Crippen LogP contribution in [0.25, 0.3) is 0 Å². The highest BCUT2D eigenvalue weighted by molar-refractivity contribution is 7.89. The monoisotopic (exact) mass is 423 g/mol. The van der Waals surface area contributed by atoms with Gasteiger partial charge in [-0.15, -0.1) is 10.2 Å². The third-order valence-corrected chi connectivity index (χ3v) is 5.95. The summed E-state index contributed by atoms with van der Waals surface area (Å²) in [5, 5.41) is 10.5. The highest BCUT2D eigenvalue weighted by Crippen LogP contribution is 2.32. The lowest BCUT2D eigenvalue weighted by atomic mass is 10.1. The fourth-order valence-electron chi connectivity index (χ4n) is 2.87. The molecule has 1 amide bonds. The zero-order chi connectivity index (χ0) is 21.0. The number of aryl methyl sites for hydroxylation is 1. The van der Waals surface area contributed by atoms with Gasteiger partial charge < -0.3 is 19.4 Å². The van der Waals surface area contributed by atoms with Crippen molar-refractivity contribution in [2.24, 2.45) is 5.92 Å². The van der Waals surface area contributed by atoms with Crippen molar-refractivity contribution in [3.05, 3.63) is 30.4 Å². The molecule has 10 nitrogen and oxygen atoms in total. The van der Waals surface area contributed by atoms with Crippen LogP contribution in [-0.2, 0) is 27.9 Å². The minimum atomic E-state index is -3.95. The Hall–Kier alpha value is -2.66. The summed E-state index contributed by atoms with van der Waals surface area (Å²) in [6.45, 7) is 7.07. The molecule has 1 aromatic heterocycles. The fourth-order valence-corrected chi connectivity index (χ4v) is 4.23. The summed E-state index contributed by atoms with van der Waals surface area (Å²) in [6, 6.07) is 3.42. The van der Waals surface area contributed by atoms with Crippen molar-refractivity contribution >= 4 is 15.9 Å². The van der Waals surface area contributed by atoms with Gasteiger partial charge in [-0.2, -0.15) is 4.72 Å². The van der Waals surface area contributed by atoms with Crippen LogP contribution in [0.2, 0.25) is 0 Å². The van der Waals surface area contributed by atoms with Gasteiger partial charge in [0, 0.05) is 12.6 Å². The minimum absolute atomic E-state index is 0.00549. The van der Waals surface area contributed by atoms with Crippen molar-refractivity contribution in [1.29, 1.82) is 0 Å². The van der Waals surface area contributed by atoms with Crippen molar-refractivity contribution in [3.63, 3.8) is 0 Å². The van der Waals surface area contributed by atoms with E-state index in [0.29, 0.717) is 37.1 Å². The summed E-state index contributed by atoms with van der Waals surface area (Å²) < 4.78 is 40.9. The maximum absolute atomic E-state index is 12.9. The number of benzene rings is 1. The zero-order valence-electron chi connectivity index (χ0n) is 16.6. The van der Waals surface area contributed by atoms with Crippen LogP contribution in [0.1, 0.15) is 26.6 Å². The second-order valence-electron chi connectivity index (χ2n) is 6.90. The van der Waals surface area contributed by atoms with E-state index < -0.39 is 22.0 Å². The summed E-state index contributed by atoms with van der Waals surface area (Å²) in [4.78, 5) is 12.7. The van der Waals surface area contributed by atoms with Crippen LogP contribution in [0.3, 0.4) is 0 Å². The molecule has 0 fully saturated rings. The molecule has 2 heterocycles. The molecule has 1 aromatic carbocycles. The maximum Gasteiger partial charge on any atom is 0.241 e. The van der Waals surface area contributed by atoms with E-state index in [-0.39, 0.29) is 17.4 Å². The molecule has 0 saturated heterocycles. The minimum Gasteiger partial charge on any atom is -0.486 e. The molecular weight excluding hydrogens is 398 g/mol. The predicted octanol–water partition coefficient (Wildman–Crippen LogP) is 0.688. The number of carbonyl (C=O) groups is 1. The number of hydrogen-bond donors (Lipinski definition) is 2. The summed E-state index contributed by atoms with van der Waals surface area (Å²) in [7, 11) is -3.95. The van der Waals surface area contributed by atoms with E-state index in [2.05, 4.69) is 20.2 Å². The Labute approximate surface area is 169 Å². The molecule has 0 radical (unpaired) electrons. The molecule has 158 valence electrons. The lowest BCUT2D eigenvalue weighted by Crippen LogP contribution is -2.49. The maximum atomic E-state index is 12.9. The van der Waals surface area contributed by atoms with Gasteiger partial charge in [-0.1, -0.05) is 13.8 Å². The second kappa shape index (κ2) is 8.78. The van der Waals surface area contributed by atoms with Gasteiger partial charge in [0.1, 0.15) is 25.6 Å². The number of hydrogen-bond acceptors (Lipinski definition) is 7. The molecule has 29 heavy (non-hydrogen) atoms. The van der Waals surface area contributed by atoms with Crippen molar-refractivity contribution in [2.75, 3.05) is 13.2 Å². The van der Waals surface area contributed by atoms with Crippen LogP contribution in [0.5, 0.6) is 11.5 Å². The van der Waals surface area contributed by atoms with Crippen LogP contribution < -0.4 is 19.5 Å². The second-order valence-corrected chi connectivity index (χ2v) is 8.61. The first-order chi connectivity index (χ1) is 13.8. The molecule has 0 bridgehead atoms. The average molecular weight is 423 g/mol. The van der Waals surface area contributed by atoms with E-state index in [0.717, 1.165) is 0 Å². The zero-order valence-corrected chi connectivity index (χ0v) is 17.4. The Morgan fingerprint density at radius 3 is 2.66 bits per heavy atom. The van der Waals surface area contributed by atoms with E-state index >= 15 is 0 Å². The molecule has 11 heteroatoms.